The SMILES string of the molecule is CC(O)(C1CCCCC1)C1CCC1. The second-order valence-corrected chi connectivity index (χ2v) is 5.19. The van der Waals surface area contributed by atoms with Crippen molar-refractivity contribution in [2.75, 3.05) is 0 Å². The summed E-state index contributed by atoms with van der Waals surface area (Å²) in [7, 11) is 0. The molecule has 2 saturated carbocycles. The summed E-state index contributed by atoms with van der Waals surface area (Å²) in [6.07, 6.45) is 10.5. The highest BCUT2D eigenvalue weighted by Gasteiger charge is 2.42. The van der Waals surface area contributed by atoms with Crippen molar-refractivity contribution in [3.8, 4) is 0 Å². The van der Waals surface area contributed by atoms with Crippen molar-refractivity contribution in [3.05, 3.63) is 0 Å². The van der Waals surface area contributed by atoms with Crippen LogP contribution in [-0.2, 0) is 0 Å². The Labute approximate surface area is 81.5 Å². The van der Waals surface area contributed by atoms with Gasteiger partial charge in [0.2, 0.25) is 0 Å². The van der Waals surface area contributed by atoms with Crippen molar-refractivity contribution >= 4 is 0 Å². The maximum Gasteiger partial charge on any atom is 0.0675 e. The zero-order valence-corrected chi connectivity index (χ0v) is 8.76. The average molecular weight is 182 g/mol. The van der Waals surface area contributed by atoms with E-state index in [1.165, 1.54) is 51.4 Å². The summed E-state index contributed by atoms with van der Waals surface area (Å²) in [6.45, 7) is 2.09. The van der Waals surface area contributed by atoms with Crippen LogP contribution in [0, 0.1) is 11.8 Å². The van der Waals surface area contributed by atoms with Crippen LogP contribution >= 0.6 is 0 Å². The molecule has 0 spiro atoms. The van der Waals surface area contributed by atoms with Gasteiger partial charge in [-0.15, -0.1) is 0 Å². The summed E-state index contributed by atoms with van der Waals surface area (Å²) in [6, 6.07) is 0. The van der Waals surface area contributed by atoms with Gasteiger partial charge in [0, 0.05) is 0 Å². The van der Waals surface area contributed by atoms with E-state index in [-0.39, 0.29) is 5.60 Å². The smallest absolute Gasteiger partial charge is 0.0675 e. The summed E-state index contributed by atoms with van der Waals surface area (Å²) >= 11 is 0. The third-order valence-electron chi connectivity index (χ3n) is 4.36. The van der Waals surface area contributed by atoms with Gasteiger partial charge in [0.05, 0.1) is 5.60 Å². The molecule has 2 aliphatic rings. The topological polar surface area (TPSA) is 20.2 Å². The summed E-state index contributed by atoms with van der Waals surface area (Å²) in [5.41, 5.74) is -0.335. The molecule has 0 aromatic heterocycles. The quantitative estimate of drug-likeness (QED) is 0.695. The molecule has 1 N–H and O–H groups in total. The zero-order valence-electron chi connectivity index (χ0n) is 8.76. The lowest BCUT2D eigenvalue weighted by molar-refractivity contribution is -0.0907. The minimum absolute atomic E-state index is 0.335. The van der Waals surface area contributed by atoms with Crippen LogP contribution < -0.4 is 0 Å². The molecule has 2 rings (SSSR count). The van der Waals surface area contributed by atoms with E-state index in [2.05, 4.69) is 6.92 Å². The summed E-state index contributed by atoms with van der Waals surface area (Å²) in [4.78, 5) is 0. The van der Waals surface area contributed by atoms with Crippen molar-refractivity contribution in [2.24, 2.45) is 11.8 Å². The fourth-order valence-corrected chi connectivity index (χ4v) is 3.01. The predicted molar refractivity (Wildman–Crippen MR) is 54.5 cm³/mol. The monoisotopic (exact) mass is 182 g/mol. The Morgan fingerprint density at radius 2 is 1.31 bits per heavy atom. The molecule has 2 aliphatic carbocycles. The van der Waals surface area contributed by atoms with Crippen molar-refractivity contribution < 1.29 is 5.11 Å². The molecule has 1 unspecified atom stereocenters. The van der Waals surface area contributed by atoms with Crippen LogP contribution in [0.15, 0.2) is 0 Å². The fourth-order valence-electron chi connectivity index (χ4n) is 3.01. The predicted octanol–water partition coefficient (Wildman–Crippen LogP) is 3.12. The molecule has 0 amide bonds. The maximum absolute atomic E-state index is 10.5. The van der Waals surface area contributed by atoms with E-state index in [1.807, 2.05) is 0 Å². The molecular formula is C12H22O. The maximum atomic E-state index is 10.5. The second kappa shape index (κ2) is 3.61. The first-order valence-corrected chi connectivity index (χ1v) is 5.93. The van der Waals surface area contributed by atoms with Gasteiger partial charge in [-0.25, -0.2) is 0 Å². The highest BCUT2D eigenvalue weighted by atomic mass is 16.3. The lowest BCUT2D eigenvalue weighted by Crippen LogP contribution is -2.46. The molecule has 0 aromatic rings. The van der Waals surface area contributed by atoms with Gasteiger partial charge in [0.1, 0.15) is 0 Å². The molecule has 0 saturated heterocycles. The molecule has 0 radical (unpaired) electrons. The zero-order chi connectivity index (χ0) is 9.31. The van der Waals surface area contributed by atoms with E-state index in [0.717, 1.165) is 0 Å². The lowest BCUT2D eigenvalue weighted by Gasteiger charge is -2.45. The van der Waals surface area contributed by atoms with Crippen LogP contribution in [0.1, 0.15) is 58.3 Å². The van der Waals surface area contributed by atoms with E-state index in [4.69, 9.17) is 0 Å². The molecule has 1 atom stereocenters. The minimum Gasteiger partial charge on any atom is -0.390 e. The second-order valence-electron chi connectivity index (χ2n) is 5.19. The van der Waals surface area contributed by atoms with Crippen LogP contribution in [0.4, 0.5) is 0 Å². The third-order valence-corrected chi connectivity index (χ3v) is 4.36. The van der Waals surface area contributed by atoms with Crippen LogP contribution in [0.2, 0.25) is 0 Å². The van der Waals surface area contributed by atoms with Crippen molar-refractivity contribution in [1.82, 2.24) is 0 Å². The Bertz CT molecular complexity index is 164. The number of aliphatic hydroxyl groups is 1. The molecule has 1 heteroatoms. The third kappa shape index (κ3) is 1.76. The lowest BCUT2D eigenvalue weighted by atomic mass is 9.65. The standard InChI is InChI=1S/C12H22O/c1-12(13,11-8-5-9-11)10-6-3-2-4-7-10/h10-11,13H,2-9H2,1H3. The van der Waals surface area contributed by atoms with Gasteiger partial charge >= 0.3 is 0 Å². The molecule has 13 heavy (non-hydrogen) atoms. The normalized spacial score (nSPS) is 30.9. The van der Waals surface area contributed by atoms with Crippen LogP contribution in [0.5, 0.6) is 0 Å². The van der Waals surface area contributed by atoms with E-state index in [1.54, 1.807) is 0 Å². The number of hydrogen-bond donors (Lipinski definition) is 1. The first kappa shape index (κ1) is 9.51. The Balaban J connectivity index is 1.94. The summed E-state index contributed by atoms with van der Waals surface area (Å²) < 4.78 is 0. The van der Waals surface area contributed by atoms with Crippen LogP contribution in [0.3, 0.4) is 0 Å². The van der Waals surface area contributed by atoms with Gasteiger partial charge in [0.25, 0.3) is 0 Å². The molecule has 1 nitrogen and oxygen atoms in total. The summed E-state index contributed by atoms with van der Waals surface area (Å²) in [5.74, 6) is 1.22. The van der Waals surface area contributed by atoms with Crippen LogP contribution in [-0.4, -0.2) is 10.7 Å². The molecule has 0 heterocycles. The Kier molecular flexibility index (Phi) is 2.64. The van der Waals surface area contributed by atoms with E-state index >= 15 is 0 Å². The van der Waals surface area contributed by atoms with E-state index in [0.29, 0.717) is 11.8 Å². The van der Waals surface area contributed by atoms with Crippen molar-refractivity contribution in [3.63, 3.8) is 0 Å². The number of rotatable bonds is 2. The number of hydrogen-bond acceptors (Lipinski definition) is 1. The van der Waals surface area contributed by atoms with Crippen molar-refractivity contribution in [1.29, 1.82) is 0 Å². The van der Waals surface area contributed by atoms with E-state index in [9.17, 15) is 5.11 Å². The van der Waals surface area contributed by atoms with Gasteiger partial charge in [-0.1, -0.05) is 25.7 Å². The Hall–Kier alpha value is -0.0400. The molecule has 2 fully saturated rings. The molecule has 0 aromatic carbocycles. The fraction of sp³-hybridized carbons (Fsp3) is 1.00. The van der Waals surface area contributed by atoms with Gasteiger partial charge in [-0.3, -0.25) is 0 Å². The first-order chi connectivity index (χ1) is 6.21. The van der Waals surface area contributed by atoms with Gasteiger partial charge in [-0.2, -0.15) is 0 Å². The van der Waals surface area contributed by atoms with Gasteiger partial charge in [-0.05, 0) is 44.4 Å². The van der Waals surface area contributed by atoms with E-state index < -0.39 is 0 Å². The highest BCUT2D eigenvalue weighted by Crippen LogP contribution is 2.44. The Morgan fingerprint density at radius 1 is 0.846 bits per heavy atom. The van der Waals surface area contributed by atoms with Crippen molar-refractivity contribution in [2.45, 2.75) is 63.9 Å². The Morgan fingerprint density at radius 3 is 1.69 bits per heavy atom. The molecule has 0 aliphatic heterocycles. The van der Waals surface area contributed by atoms with Gasteiger partial charge in [0.15, 0.2) is 0 Å². The average Bonchev–Trinajstić information content (AvgIpc) is 2.02. The van der Waals surface area contributed by atoms with Crippen LogP contribution in [0.25, 0.3) is 0 Å². The first-order valence-electron chi connectivity index (χ1n) is 5.93. The minimum atomic E-state index is -0.335. The highest BCUT2D eigenvalue weighted by molar-refractivity contribution is 4.93. The summed E-state index contributed by atoms with van der Waals surface area (Å²) in [5, 5.41) is 10.5. The molecule has 0 bridgehead atoms. The largest absolute Gasteiger partial charge is 0.390 e. The molecule has 76 valence electrons. The van der Waals surface area contributed by atoms with Gasteiger partial charge < -0.3 is 5.11 Å². The molecular weight excluding hydrogens is 160 g/mol.